The molecule has 1 atom stereocenters. The lowest BCUT2D eigenvalue weighted by atomic mass is 10.0. The number of sulfonamides is 1. The normalized spacial score (nSPS) is 18.0. The summed E-state index contributed by atoms with van der Waals surface area (Å²) in [5, 5.41) is 24.6. The minimum absolute atomic E-state index is 0.0168. The largest absolute Gasteiger partial charge is 0.490 e. The zero-order chi connectivity index (χ0) is 30.1. The minimum Gasteiger partial charge on any atom is -0.490 e. The molecule has 14 heteroatoms. The number of carboxylic acids is 1. The summed E-state index contributed by atoms with van der Waals surface area (Å²) >= 11 is 0. The van der Waals surface area contributed by atoms with E-state index in [4.69, 9.17) is 21.3 Å². The SMILES string of the molecule is CC(=N)N1CCC(Oc2cc3c(cc2C(F)(F)F)N(S(=O)(=O)CC(=O)O)C(/C=C/c2cccc(C(=N)N)c2)C3)CC1. The van der Waals surface area contributed by atoms with E-state index in [1.807, 2.05) is 0 Å². The lowest BCUT2D eigenvalue weighted by Crippen LogP contribution is -2.40. The minimum atomic E-state index is -4.88. The van der Waals surface area contributed by atoms with Crippen molar-refractivity contribution < 1.29 is 36.2 Å². The first-order chi connectivity index (χ1) is 19.2. The fourth-order valence-corrected chi connectivity index (χ4v) is 6.51. The monoisotopic (exact) mass is 593 g/mol. The maximum absolute atomic E-state index is 14.2. The van der Waals surface area contributed by atoms with E-state index in [2.05, 4.69) is 0 Å². The summed E-state index contributed by atoms with van der Waals surface area (Å²) in [6.07, 6.45) is -1.57. The molecule has 0 radical (unpaired) electrons. The molecule has 2 aliphatic heterocycles. The third-order valence-electron chi connectivity index (χ3n) is 6.98. The zero-order valence-electron chi connectivity index (χ0n) is 22.1. The molecule has 2 heterocycles. The van der Waals surface area contributed by atoms with Gasteiger partial charge in [-0.3, -0.25) is 19.9 Å². The number of hydrogen-bond acceptors (Lipinski definition) is 6. The Morgan fingerprint density at radius 1 is 1.20 bits per heavy atom. The van der Waals surface area contributed by atoms with Crippen LogP contribution >= 0.6 is 0 Å². The molecule has 41 heavy (non-hydrogen) atoms. The number of benzene rings is 2. The van der Waals surface area contributed by atoms with Crippen LogP contribution in [0.25, 0.3) is 6.08 Å². The van der Waals surface area contributed by atoms with Gasteiger partial charge in [-0.15, -0.1) is 0 Å². The number of alkyl halides is 3. The molecule has 0 aliphatic carbocycles. The second kappa shape index (κ2) is 11.4. The number of piperidine rings is 1. The number of anilines is 1. The molecular weight excluding hydrogens is 563 g/mol. The summed E-state index contributed by atoms with van der Waals surface area (Å²) in [4.78, 5) is 13.2. The smallest absolute Gasteiger partial charge is 0.420 e. The molecule has 1 fully saturated rings. The van der Waals surface area contributed by atoms with Crippen LogP contribution in [0.1, 0.15) is 42.0 Å². The Hall–Kier alpha value is -4.07. The van der Waals surface area contributed by atoms with E-state index in [1.165, 1.54) is 12.1 Å². The fourth-order valence-electron chi connectivity index (χ4n) is 5.03. The van der Waals surface area contributed by atoms with Crippen LogP contribution < -0.4 is 14.8 Å². The molecule has 1 unspecified atom stereocenters. The maximum atomic E-state index is 14.2. The van der Waals surface area contributed by atoms with Crippen LogP contribution in [-0.4, -0.2) is 67.1 Å². The fraction of sp³-hybridized carbons (Fsp3) is 0.370. The molecular formula is C27H30F3N5O5S. The van der Waals surface area contributed by atoms with Crippen molar-refractivity contribution in [2.45, 2.75) is 44.5 Å². The van der Waals surface area contributed by atoms with Crippen molar-refractivity contribution in [1.29, 1.82) is 10.8 Å². The highest BCUT2D eigenvalue weighted by Gasteiger charge is 2.42. The van der Waals surface area contributed by atoms with Crippen molar-refractivity contribution in [2.75, 3.05) is 23.1 Å². The number of hydrogen-bond donors (Lipinski definition) is 4. The zero-order valence-corrected chi connectivity index (χ0v) is 22.9. The molecule has 5 N–H and O–H groups in total. The summed E-state index contributed by atoms with van der Waals surface area (Å²) in [6.45, 7) is 2.56. The maximum Gasteiger partial charge on any atom is 0.420 e. The van der Waals surface area contributed by atoms with Crippen LogP contribution in [0, 0.1) is 10.8 Å². The number of likely N-dealkylation sites (tertiary alicyclic amines) is 1. The van der Waals surface area contributed by atoms with Crippen LogP contribution in [0.4, 0.5) is 18.9 Å². The molecule has 10 nitrogen and oxygen atoms in total. The van der Waals surface area contributed by atoms with E-state index in [1.54, 1.807) is 42.2 Å². The van der Waals surface area contributed by atoms with Gasteiger partial charge in [-0.05, 0) is 42.7 Å². The lowest BCUT2D eigenvalue weighted by Gasteiger charge is -2.33. The number of nitrogens with zero attached hydrogens (tertiary/aromatic N) is 2. The van der Waals surface area contributed by atoms with E-state index in [0.717, 1.165) is 4.31 Å². The number of rotatable bonds is 8. The quantitative estimate of drug-likeness (QED) is 0.268. The Balaban J connectivity index is 1.72. The molecule has 2 aromatic carbocycles. The molecule has 2 aliphatic rings. The Labute approximate surface area is 235 Å². The topological polar surface area (TPSA) is 161 Å². The van der Waals surface area contributed by atoms with Gasteiger partial charge in [0.15, 0.2) is 5.75 Å². The molecule has 0 bridgehead atoms. The van der Waals surface area contributed by atoms with Gasteiger partial charge in [0.05, 0.1) is 23.1 Å². The number of carbonyl (C=O) groups is 1. The third-order valence-corrected chi connectivity index (χ3v) is 8.66. The highest BCUT2D eigenvalue weighted by molar-refractivity contribution is 7.93. The van der Waals surface area contributed by atoms with Crippen LogP contribution in [0.5, 0.6) is 5.75 Å². The van der Waals surface area contributed by atoms with Crippen LogP contribution in [-0.2, 0) is 27.4 Å². The third kappa shape index (κ3) is 6.81. The van der Waals surface area contributed by atoms with E-state index >= 15 is 0 Å². The molecule has 0 saturated carbocycles. The van der Waals surface area contributed by atoms with Gasteiger partial charge in [0, 0.05) is 31.5 Å². The van der Waals surface area contributed by atoms with Gasteiger partial charge in [0.1, 0.15) is 17.7 Å². The number of ether oxygens (including phenoxy) is 1. The molecule has 0 aromatic heterocycles. The predicted molar refractivity (Wildman–Crippen MR) is 148 cm³/mol. The summed E-state index contributed by atoms with van der Waals surface area (Å²) < 4.78 is 75.5. The van der Waals surface area contributed by atoms with Gasteiger partial charge in [-0.1, -0.05) is 30.4 Å². The predicted octanol–water partition coefficient (Wildman–Crippen LogP) is 3.69. The Morgan fingerprint density at radius 3 is 2.46 bits per heavy atom. The van der Waals surface area contributed by atoms with Gasteiger partial charge < -0.3 is 20.5 Å². The van der Waals surface area contributed by atoms with Crippen molar-refractivity contribution >= 4 is 39.4 Å². The lowest BCUT2D eigenvalue weighted by molar-refractivity contribution is -0.139. The first-order valence-electron chi connectivity index (χ1n) is 12.7. The summed E-state index contributed by atoms with van der Waals surface area (Å²) in [6, 6.07) is 7.43. The first-order valence-corrected chi connectivity index (χ1v) is 14.3. The number of nitrogens with one attached hydrogen (secondary N) is 2. The van der Waals surface area contributed by atoms with Crippen LogP contribution in [0.2, 0.25) is 0 Å². The average molecular weight is 594 g/mol. The van der Waals surface area contributed by atoms with E-state index in [-0.39, 0.29) is 23.5 Å². The summed E-state index contributed by atoms with van der Waals surface area (Å²) in [5.74, 6) is -3.17. The van der Waals surface area contributed by atoms with Crippen molar-refractivity contribution in [3.8, 4) is 5.75 Å². The summed E-state index contributed by atoms with van der Waals surface area (Å²) in [7, 11) is -4.57. The number of amidine groups is 2. The second-order valence-electron chi connectivity index (χ2n) is 9.98. The molecule has 0 amide bonds. The highest BCUT2D eigenvalue weighted by atomic mass is 32.2. The van der Waals surface area contributed by atoms with Crippen LogP contribution in [0.15, 0.2) is 42.5 Å². The Bertz CT molecular complexity index is 1500. The standard InChI is InChI=1S/C27H30F3N5O5S/c1-16(31)34-9-7-21(8-10-34)40-24-13-19-12-20(6-5-17-3-2-4-18(11-17)26(32)33)35(41(38,39)15-25(36)37)23(19)14-22(24)27(28,29)30/h2-6,11,13-14,20-21,31H,7-10,12,15H2,1H3,(H3,32,33)(H,36,37)/b6-5+,31-16?. The number of aliphatic carboxylic acids is 1. The number of halogens is 3. The molecule has 0 spiro atoms. The number of fused-ring (bicyclic) bond motifs is 1. The number of nitrogen functional groups attached to an aromatic ring is 1. The first kappa shape index (κ1) is 29.9. The molecule has 1 saturated heterocycles. The Kier molecular flexibility index (Phi) is 8.34. The van der Waals surface area contributed by atoms with Crippen molar-refractivity contribution in [1.82, 2.24) is 4.90 Å². The number of nitrogens with two attached hydrogens (primary N) is 1. The van der Waals surface area contributed by atoms with E-state index in [0.29, 0.717) is 49.0 Å². The van der Waals surface area contributed by atoms with Gasteiger partial charge in [0.25, 0.3) is 0 Å². The van der Waals surface area contributed by atoms with Crippen molar-refractivity contribution in [3.05, 3.63) is 64.7 Å². The van der Waals surface area contributed by atoms with Gasteiger partial charge in [-0.2, -0.15) is 13.2 Å². The van der Waals surface area contributed by atoms with E-state index in [9.17, 15) is 31.5 Å². The highest BCUT2D eigenvalue weighted by Crippen LogP contribution is 2.45. The van der Waals surface area contributed by atoms with E-state index < -0.39 is 51.4 Å². The van der Waals surface area contributed by atoms with Gasteiger partial charge in [0.2, 0.25) is 10.0 Å². The Morgan fingerprint density at radius 2 is 1.88 bits per heavy atom. The van der Waals surface area contributed by atoms with Gasteiger partial charge in [-0.25, -0.2) is 8.42 Å². The van der Waals surface area contributed by atoms with Crippen molar-refractivity contribution in [3.63, 3.8) is 0 Å². The molecule has 220 valence electrons. The van der Waals surface area contributed by atoms with Gasteiger partial charge >= 0.3 is 12.1 Å². The second-order valence-corrected chi connectivity index (χ2v) is 11.8. The molecule has 4 rings (SSSR count). The number of carboxylic acid groups (broad SMARTS) is 1. The average Bonchev–Trinajstić information content (AvgIpc) is 3.24. The van der Waals surface area contributed by atoms with Crippen molar-refractivity contribution in [2.24, 2.45) is 5.73 Å². The summed E-state index contributed by atoms with van der Waals surface area (Å²) in [5.41, 5.74) is 5.38. The van der Waals surface area contributed by atoms with Crippen LogP contribution in [0.3, 0.4) is 0 Å². The molecule has 2 aromatic rings.